The molecule has 2 aliphatic heterocycles. The second-order valence-electron chi connectivity index (χ2n) is 5.49. The number of hydrogen-bond acceptors (Lipinski definition) is 2. The van der Waals surface area contributed by atoms with Crippen LogP contribution in [0.5, 0.6) is 0 Å². The summed E-state index contributed by atoms with van der Waals surface area (Å²) in [5, 5.41) is 0. The lowest BCUT2D eigenvalue weighted by Gasteiger charge is -2.33. The van der Waals surface area contributed by atoms with E-state index in [1.807, 2.05) is 4.90 Å². The molecule has 1 aromatic heterocycles. The fraction of sp³-hybridized carbons (Fsp3) is 0.571. The van der Waals surface area contributed by atoms with Gasteiger partial charge in [-0.2, -0.15) is 0 Å². The molecule has 3 rings (SSSR count). The first-order valence-electron chi connectivity index (χ1n) is 6.86. The zero-order valence-electron chi connectivity index (χ0n) is 11.1. The van der Waals surface area contributed by atoms with Gasteiger partial charge in [0.1, 0.15) is 11.6 Å². The highest BCUT2D eigenvalue weighted by Gasteiger charge is 2.31. The molecule has 5 heteroatoms. The highest BCUT2D eigenvalue weighted by molar-refractivity contribution is 5.93. The molecule has 4 nitrogen and oxygen atoms in total. The molecule has 1 aromatic rings. The zero-order valence-corrected chi connectivity index (χ0v) is 11.1. The summed E-state index contributed by atoms with van der Waals surface area (Å²) in [6.07, 6.45) is 3.99. The average Bonchev–Trinajstić information content (AvgIpc) is 2.81. The molecular formula is C14H18FN3O. The Balaban J connectivity index is 1.76. The van der Waals surface area contributed by atoms with Gasteiger partial charge in [0.15, 0.2) is 0 Å². The summed E-state index contributed by atoms with van der Waals surface area (Å²) < 4.78 is 13.1. The lowest BCUT2D eigenvalue weighted by Crippen LogP contribution is -2.46. The molecule has 19 heavy (non-hydrogen) atoms. The second kappa shape index (κ2) is 4.79. The number of aromatic nitrogens is 1. The highest BCUT2D eigenvalue weighted by atomic mass is 19.1. The number of pyridine rings is 1. The maximum absolute atomic E-state index is 13.1. The van der Waals surface area contributed by atoms with E-state index in [0.29, 0.717) is 24.7 Å². The predicted molar refractivity (Wildman–Crippen MR) is 70.6 cm³/mol. The number of piperidine rings is 1. The summed E-state index contributed by atoms with van der Waals surface area (Å²) in [5.41, 5.74) is 0.832. The van der Waals surface area contributed by atoms with Gasteiger partial charge in [0.25, 0.3) is 0 Å². The van der Waals surface area contributed by atoms with Crippen LogP contribution in [0.25, 0.3) is 0 Å². The summed E-state index contributed by atoms with van der Waals surface area (Å²) >= 11 is 0. The largest absolute Gasteiger partial charge is 0.325 e. The number of carbonyl (C=O) groups excluding carboxylic acids is 1. The Kier molecular flexibility index (Phi) is 3.12. The fourth-order valence-electron chi connectivity index (χ4n) is 2.80. The zero-order chi connectivity index (χ0) is 13.4. The van der Waals surface area contributed by atoms with Gasteiger partial charge < -0.3 is 4.90 Å². The van der Waals surface area contributed by atoms with Crippen LogP contribution in [0.1, 0.15) is 25.3 Å². The Bertz CT molecular complexity index is 497. The number of halogens is 1. The Labute approximate surface area is 112 Å². The number of anilines is 1. The number of rotatable bonds is 0. The van der Waals surface area contributed by atoms with Gasteiger partial charge in [0.05, 0.1) is 6.20 Å². The predicted octanol–water partition coefficient (Wildman–Crippen LogP) is 2.44. The molecule has 0 aliphatic carbocycles. The molecule has 102 valence electrons. The van der Waals surface area contributed by atoms with E-state index < -0.39 is 0 Å². The first-order valence-corrected chi connectivity index (χ1v) is 6.86. The van der Waals surface area contributed by atoms with E-state index in [2.05, 4.69) is 11.9 Å². The first-order chi connectivity index (χ1) is 9.15. The minimum atomic E-state index is -0.333. The van der Waals surface area contributed by atoms with E-state index in [1.54, 1.807) is 4.90 Å². The Morgan fingerprint density at radius 1 is 1.37 bits per heavy atom. The molecule has 2 aliphatic rings. The van der Waals surface area contributed by atoms with Crippen LogP contribution in [0.4, 0.5) is 15.0 Å². The molecular weight excluding hydrogens is 245 g/mol. The summed E-state index contributed by atoms with van der Waals surface area (Å²) in [7, 11) is 0. The third-order valence-electron chi connectivity index (χ3n) is 4.05. The van der Waals surface area contributed by atoms with E-state index in [1.165, 1.54) is 12.3 Å². The molecule has 0 radical (unpaired) electrons. The number of likely N-dealkylation sites (tertiary alicyclic amines) is 1. The number of fused-ring (bicyclic) bond motifs is 1. The van der Waals surface area contributed by atoms with E-state index in [9.17, 15) is 9.18 Å². The summed E-state index contributed by atoms with van der Waals surface area (Å²) in [5.74, 6) is 0.993. The van der Waals surface area contributed by atoms with Crippen molar-refractivity contribution in [2.75, 3.05) is 24.5 Å². The molecule has 0 bridgehead atoms. The molecule has 0 saturated carbocycles. The number of amides is 2. The van der Waals surface area contributed by atoms with Gasteiger partial charge in [-0.05, 0) is 36.8 Å². The Hall–Kier alpha value is -1.65. The lowest BCUT2D eigenvalue weighted by atomic mass is 10.00. The van der Waals surface area contributed by atoms with Gasteiger partial charge in [0, 0.05) is 19.6 Å². The van der Waals surface area contributed by atoms with Gasteiger partial charge in [-0.1, -0.05) is 6.92 Å². The van der Waals surface area contributed by atoms with E-state index in [-0.39, 0.29) is 11.8 Å². The molecule has 1 saturated heterocycles. The maximum atomic E-state index is 13.1. The second-order valence-corrected chi connectivity index (χ2v) is 5.49. The van der Waals surface area contributed by atoms with Crippen LogP contribution in [0, 0.1) is 11.7 Å². The third-order valence-corrected chi connectivity index (χ3v) is 4.05. The number of hydrogen-bond donors (Lipinski definition) is 0. The SMILES string of the molecule is CC1CCN(C(=O)N2CCc3cc(F)cnc32)CC1. The molecule has 0 N–H and O–H groups in total. The normalized spacial score (nSPS) is 19.7. The van der Waals surface area contributed by atoms with Crippen molar-refractivity contribution in [3.8, 4) is 0 Å². The molecule has 1 fully saturated rings. The average molecular weight is 263 g/mol. The lowest BCUT2D eigenvalue weighted by molar-refractivity contribution is 0.180. The quantitative estimate of drug-likeness (QED) is 0.721. The van der Waals surface area contributed by atoms with Crippen molar-refractivity contribution in [3.63, 3.8) is 0 Å². The van der Waals surface area contributed by atoms with E-state index in [0.717, 1.165) is 31.5 Å². The van der Waals surface area contributed by atoms with E-state index >= 15 is 0 Å². The molecule has 0 aromatic carbocycles. The first kappa shape index (κ1) is 12.4. The summed E-state index contributed by atoms with van der Waals surface area (Å²) in [4.78, 5) is 20.1. The van der Waals surface area contributed by atoms with Crippen LogP contribution in [0.2, 0.25) is 0 Å². The smallest absolute Gasteiger partial charge is 0.324 e. The van der Waals surface area contributed by atoms with Gasteiger partial charge in [-0.15, -0.1) is 0 Å². The minimum Gasteiger partial charge on any atom is -0.324 e. The van der Waals surface area contributed by atoms with Crippen LogP contribution in [0.15, 0.2) is 12.3 Å². The molecule has 0 spiro atoms. The van der Waals surface area contributed by atoms with Crippen molar-refractivity contribution in [1.82, 2.24) is 9.88 Å². The van der Waals surface area contributed by atoms with Crippen molar-refractivity contribution in [2.45, 2.75) is 26.2 Å². The van der Waals surface area contributed by atoms with Crippen molar-refractivity contribution in [1.29, 1.82) is 0 Å². The van der Waals surface area contributed by atoms with Crippen molar-refractivity contribution < 1.29 is 9.18 Å². The fourth-order valence-corrected chi connectivity index (χ4v) is 2.80. The molecule has 0 atom stereocenters. The number of urea groups is 1. The van der Waals surface area contributed by atoms with Gasteiger partial charge in [-0.25, -0.2) is 14.2 Å². The van der Waals surface area contributed by atoms with Crippen molar-refractivity contribution >= 4 is 11.8 Å². The summed E-state index contributed by atoms with van der Waals surface area (Å²) in [6.45, 7) is 4.45. The topological polar surface area (TPSA) is 36.4 Å². The number of nitrogens with zero attached hydrogens (tertiary/aromatic N) is 3. The maximum Gasteiger partial charge on any atom is 0.325 e. The van der Waals surface area contributed by atoms with Crippen LogP contribution in [0.3, 0.4) is 0 Å². The number of carbonyl (C=O) groups is 1. The van der Waals surface area contributed by atoms with Crippen molar-refractivity contribution in [3.05, 3.63) is 23.6 Å². The molecule has 3 heterocycles. The molecule has 0 unspecified atom stereocenters. The van der Waals surface area contributed by atoms with Crippen LogP contribution in [-0.2, 0) is 6.42 Å². The van der Waals surface area contributed by atoms with Gasteiger partial charge in [-0.3, -0.25) is 4.90 Å². The minimum absolute atomic E-state index is 0.0183. The standard InChI is InChI=1S/C14H18FN3O/c1-10-2-5-17(6-3-10)14(19)18-7-4-11-8-12(15)9-16-13(11)18/h8-10H,2-7H2,1H3. The molecule has 2 amide bonds. The Morgan fingerprint density at radius 3 is 2.84 bits per heavy atom. The Morgan fingerprint density at radius 2 is 2.11 bits per heavy atom. The van der Waals surface area contributed by atoms with Crippen LogP contribution in [-0.4, -0.2) is 35.5 Å². The van der Waals surface area contributed by atoms with Crippen LogP contribution < -0.4 is 4.90 Å². The van der Waals surface area contributed by atoms with Gasteiger partial charge >= 0.3 is 6.03 Å². The third kappa shape index (κ3) is 2.29. The summed E-state index contributed by atoms with van der Waals surface area (Å²) in [6, 6.07) is 1.50. The van der Waals surface area contributed by atoms with Crippen LogP contribution >= 0.6 is 0 Å². The monoisotopic (exact) mass is 263 g/mol. The highest BCUT2D eigenvalue weighted by Crippen LogP contribution is 2.28. The van der Waals surface area contributed by atoms with Gasteiger partial charge in [0.2, 0.25) is 0 Å². The van der Waals surface area contributed by atoms with Crippen molar-refractivity contribution in [2.24, 2.45) is 5.92 Å². The van der Waals surface area contributed by atoms with E-state index in [4.69, 9.17) is 0 Å².